The van der Waals surface area contributed by atoms with Gasteiger partial charge in [0.1, 0.15) is 16.8 Å². The van der Waals surface area contributed by atoms with E-state index in [2.05, 4.69) is 4.98 Å². The SMILES string of the molecule is COC(=O)c1[nH]c(-c2ccc(F)cc2)c(C(c2ccccc2)S(=O)(=O)c2ccc(C)cc2)c1C(=O)OC. The molecule has 1 atom stereocenters. The summed E-state index contributed by atoms with van der Waals surface area (Å²) in [6.45, 7) is 1.84. The Morgan fingerprint density at radius 3 is 2.00 bits per heavy atom. The highest BCUT2D eigenvalue weighted by Crippen LogP contribution is 2.43. The maximum atomic E-state index is 14.3. The number of carbonyl (C=O) groups excluding carboxylic acids is 2. The molecule has 9 heteroatoms. The van der Waals surface area contributed by atoms with Crippen molar-refractivity contribution in [1.82, 2.24) is 4.98 Å². The third-order valence-corrected chi connectivity index (χ3v) is 8.03. The van der Waals surface area contributed by atoms with Gasteiger partial charge in [-0.05, 0) is 54.4 Å². The molecular formula is C28H24FNO6S. The van der Waals surface area contributed by atoms with Crippen LogP contribution < -0.4 is 0 Å². The highest BCUT2D eigenvalue weighted by molar-refractivity contribution is 7.92. The van der Waals surface area contributed by atoms with E-state index in [1.54, 1.807) is 42.5 Å². The fraction of sp³-hybridized carbons (Fsp3) is 0.143. The van der Waals surface area contributed by atoms with Crippen LogP contribution in [0.5, 0.6) is 0 Å². The molecule has 3 aromatic carbocycles. The van der Waals surface area contributed by atoms with E-state index in [4.69, 9.17) is 9.47 Å². The lowest BCUT2D eigenvalue weighted by atomic mass is 9.96. The zero-order valence-corrected chi connectivity index (χ0v) is 21.1. The topological polar surface area (TPSA) is 103 Å². The maximum absolute atomic E-state index is 14.3. The second-order valence-electron chi connectivity index (χ2n) is 8.30. The average molecular weight is 522 g/mol. The number of hydrogen-bond acceptors (Lipinski definition) is 6. The van der Waals surface area contributed by atoms with E-state index in [0.29, 0.717) is 11.1 Å². The number of nitrogens with one attached hydrogen (secondary N) is 1. The first kappa shape index (κ1) is 25.8. The van der Waals surface area contributed by atoms with Crippen molar-refractivity contribution in [2.24, 2.45) is 0 Å². The second-order valence-corrected chi connectivity index (χ2v) is 10.3. The van der Waals surface area contributed by atoms with Crippen molar-refractivity contribution < 1.29 is 31.9 Å². The van der Waals surface area contributed by atoms with Gasteiger partial charge >= 0.3 is 11.9 Å². The molecule has 0 aliphatic carbocycles. The normalized spacial score (nSPS) is 12.1. The number of aromatic nitrogens is 1. The molecule has 190 valence electrons. The van der Waals surface area contributed by atoms with Crippen LogP contribution in [0.2, 0.25) is 0 Å². The molecule has 1 N–H and O–H groups in total. The first-order valence-corrected chi connectivity index (χ1v) is 12.8. The van der Waals surface area contributed by atoms with Gasteiger partial charge in [0, 0.05) is 5.56 Å². The van der Waals surface area contributed by atoms with E-state index in [-0.39, 0.29) is 27.4 Å². The minimum atomic E-state index is -4.20. The first-order valence-electron chi connectivity index (χ1n) is 11.2. The Morgan fingerprint density at radius 1 is 0.838 bits per heavy atom. The number of aromatic amines is 1. The minimum absolute atomic E-state index is 0.00867. The molecule has 7 nitrogen and oxygen atoms in total. The summed E-state index contributed by atoms with van der Waals surface area (Å²) in [6, 6.07) is 19.9. The lowest BCUT2D eigenvalue weighted by Gasteiger charge is -2.21. The fourth-order valence-electron chi connectivity index (χ4n) is 4.18. The Bertz CT molecular complexity index is 1540. The highest BCUT2D eigenvalue weighted by atomic mass is 32.2. The molecule has 0 radical (unpaired) electrons. The van der Waals surface area contributed by atoms with Gasteiger partial charge in [0.15, 0.2) is 9.84 Å². The predicted molar refractivity (Wildman–Crippen MR) is 136 cm³/mol. The predicted octanol–water partition coefficient (Wildman–Crippen LogP) is 5.27. The number of ether oxygens (including phenoxy) is 2. The van der Waals surface area contributed by atoms with Crippen LogP contribution in [-0.4, -0.2) is 39.6 Å². The Balaban J connectivity index is 2.15. The summed E-state index contributed by atoms with van der Waals surface area (Å²) in [5.74, 6) is -2.33. The molecule has 0 saturated carbocycles. The van der Waals surface area contributed by atoms with Gasteiger partial charge < -0.3 is 14.5 Å². The number of halogens is 1. The molecule has 1 heterocycles. The van der Waals surface area contributed by atoms with Gasteiger partial charge in [0.05, 0.1) is 30.4 Å². The number of methoxy groups -OCH3 is 2. The van der Waals surface area contributed by atoms with E-state index in [1.807, 2.05) is 6.92 Å². The lowest BCUT2D eigenvalue weighted by molar-refractivity contribution is 0.0551. The van der Waals surface area contributed by atoms with E-state index in [0.717, 1.165) is 19.8 Å². The van der Waals surface area contributed by atoms with Crippen molar-refractivity contribution in [2.75, 3.05) is 14.2 Å². The van der Waals surface area contributed by atoms with Crippen LogP contribution in [0.15, 0.2) is 83.8 Å². The van der Waals surface area contributed by atoms with E-state index < -0.39 is 32.8 Å². The van der Waals surface area contributed by atoms with E-state index >= 15 is 0 Å². The van der Waals surface area contributed by atoms with Gasteiger partial charge in [-0.1, -0.05) is 48.0 Å². The molecule has 0 saturated heterocycles. The van der Waals surface area contributed by atoms with Crippen molar-refractivity contribution in [2.45, 2.75) is 17.1 Å². The molecule has 0 fully saturated rings. The van der Waals surface area contributed by atoms with Crippen molar-refractivity contribution in [3.63, 3.8) is 0 Å². The standard InChI is InChI=1S/C28H24FNO6S/c1-17-9-15-21(16-10-17)37(33,34)26(19-7-5-4-6-8-19)22-23(27(31)35-2)25(28(32)36-3)30-24(22)18-11-13-20(29)14-12-18/h4-16,26,30H,1-3H3. The van der Waals surface area contributed by atoms with E-state index in [1.165, 1.54) is 36.4 Å². The van der Waals surface area contributed by atoms with Crippen LogP contribution in [-0.2, 0) is 19.3 Å². The van der Waals surface area contributed by atoms with Crippen molar-refractivity contribution in [1.29, 1.82) is 0 Å². The molecule has 4 rings (SSSR count). The van der Waals surface area contributed by atoms with Crippen LogP contribution in [0.4, 0.5) is 4.39 Å². The Hall–Kier alpha value is -4.24. The largest absolute Gasteiger partial charge is 0.465 e. The lowest BCUT2D eigenvalue weighted by Crippen LogP contribution is -2.20. The molecule has 37 heavy (non-hydrogen) atoms. The summed E-state index contributed by atoms with van der Waals surface area (Å²) in [4.78, 5) is 28.8. The van der Waals surface area contributed by atoms with Gasteiger partial charge in [-0.25, -0.2) is 22.4 Å². The quantitative estimate of drug-likeness (QED) is 0.333. The van der Waals surface area contributed by atoms with Crippen LogP contribution in [0.25, 0.3) is 11.3 Å². The zero-order valence-electron chi connectivity index (χ0n) is 20.3. The Labute approximate surface area is 213 Å². The van der Waals surface area contributed by atoms with Crippen molar-refractivity contribution in [3.05, 3.63) is 113 Å². The number of hydrogen-bond donors (Lipinski definition) is 1. The highest BCUT2D eigenvalue weighted by Gasteiger charge is 2.40. The second kappa shape index (κ2) is 10.4. The van der Waals surface area contributed by atoms with Gasteiger partial charge in [-0.15, -0.1) is 0 Å². The number of sulfone groups is 1. The van der Waals surface area contributed by atoms with Crippen molar-refractivity contribution in [3.8, 4) is 11.3 Å². The molecular weight excluding hydrogens is 497 g/mol. The van der Waals surface area contributed by atoms with Gasteiger partial charge in [0.2, 0.25) is 0 Å². The molecule has 1 unspecified atom stereocenters. The number of aryl methyl sites for hydroxylation is 1. The zero-order chi connectivity index (χ0) is 26.7. The van der Waals surface area contributed by atoms with Crippen LogP contribution in [0.1, 0.15) is 42.8 Å². The number of esters is 2. The number of carbonyl (C=O) groups is 2. The molecule has 0 amide bonds. The van der Waals surface area contributed by atoms with Gasteiger partial charge in [0.25, 0.3) is 0 Å². The van der Waals surface area contributed by atoms with E-state index in [9.17, 15) is 22.4 Å². The molecule has 4 aromatic rings. The Kier molecular flexibility index (Phi) is 7.26. The average Bonchev–Trinajstić information content (AvgIpc) is 3.29. The molecule has 0 aliphatic heterocycles. The smallest absolute Gasteiger partial charge is 0.355 e. The summed E-state index contributed by atoms with van der Waals surface area (Å²) in [5.41, 5.74) is 1.16. The molecule has 0 bridgehead atoms. The van der Waals surface area contributed by atoms with Gasteiger partial charge in [-0.2, -0.15) is 0 Å². The number of benzene rings is 3. The monoisotopic (exact) mass is 521 g/mol. The van der Waals surface area contributed by atoms with Crippen LogP contribution in [0, 0.1) is 12.7 Å². The van der Waals surface area contributed by atoms with Crippen molar-refractivity contribution >= 4 is 21.8 Å². The fourth-order valence-corrected chi connectivity index (χ4v) is 6.03. The Morgan fingerprint density at radius 2 is 1.43 bits per heavy atom. The van der Waals surface area contributed by atoms with Crippen LogP contribution >= 0.6 is 0 Å². The molecule has 0 spiro atoms. The maximum Gasteiger partial charge on any atom is 0.355 e. The summed E-state index contributed by atoms with van der Waals surface area (Å²) in [6.07, 6.45) is 0. The summed E-state index contributed by atoms with van der Waals surface area (Å²) >= 11 is 0. The summed E-state index contributed by atoms with van der Waals surface area (Å²) < 4.78 is 52.1. The third kappa shape index (κ3) is 4.90. The summed E-state index contributed by atoms with van der Waals surface area (Å²) in [7, 11) is -1.93. The van der Waals surface area contributed by atoms with Gasteiger partial charge in [-0.3, -0.25) is 0 Å². The third-order valence-electron chi connectivity index (χ3n) is 5.97. The number of H-pyrrole nitrogens is 1. The molecule has 1 aromatic heterocycles. The first-order chi connectivity index (χ1) is 17.7. The minimum Gasteiger partial charge on any atom is -0.465 e. The summed E-state index contributed by atoms with van der Waals surface area (Å²) in [5, 5.41) is -1.43. The number of rotatable bonds is 7. The van der Waals surface area contributed by atoms with Crippen LogP contribution in [0.3, 0.4) is 0 Å². The molecule has 0 aliphatic rings.